The summed E-state index contributed by atoms with van der Waals surface area (Å²) in [6.45, 7) is 0.382. The van der Waals surface area contributed by atoms with Crippen molar-refractivity contribution in [1.29, 1.82) is 0 Å². The molecule has 178 valence electrons. The number of rotatable bonds is 8. The summed E-state index contributed by atoms with van der Waals surface area (Å²) in [5.41, 5.74) is 3.53. The number of hydrogen-bond acceptors (Lipinski definition) is 3. The Labute approximate surface area is 202 Å². The first-order valence-corrected chi connectivity index (χ1v) is 12.3. The summed E-state index contributed by atoms with van der Waals surface area (Å²) in [6.07, 6.45) is 0. The van der Waals surface area contributed by atoms with Crippen LogP contribution in [0.4, 0.5) is 8.78 Å². The highest BCUT2D eigenvalue weighted by atomic mass is 32.2. The van der Waals surface area contributed by atoms with Crippen LogP contribution in [0, 0.1) is 11.6 Å². The molecule has 0 fully saturated rings. The fourth-order valence-corrected chi connectivity index (χ4v) is 4.41. The van der Waals surface area contributed by atoms with E-state index in [9.17, 15) is 22.0 Å². The number of hydrogen-bond donors (Lipinski definition) is 2. The van der Waals surface area contributed by atoms with Gasteiger partial charge in [0.25, 0.3) is 5.91 Å². The van der Waals surface area contributed by atoms with Crippen molar-refractivity contribution in [3.63, 3.8) is 0 Å². The van der Waals surface area contributed by atoms with E-state index in [-0.39, 0.29) is 29.7 Å². The third kappa shape index (κ3) is 6.38. The molecule has 8 heteroatoms. The molecule has 2 N–H and O–H groups in total. The Balaban J connectivity index is 1.32. The van der Waals surface area contributed by atoms with Crippen LogP contribution in [0.5, 0.6) is 0 Å². The molecule has 0 atom stereocenters. The summed E-state index contributed by atoms with van der Waals surface area (Å²) in [5, 5.41) is 2.76. The van der Waals surface area contributed by atoms with Gasteiger partial charge in [-0.1, -0.05) is 48.5 Å². The molecule has 0 aromatic heterocycles. The van der Waals surface area contributed by atoms with Crippen molar-refractivity contribution in [2.75, 3.05) is 0 Å². The molecule has 0 aliphatic rings. The standard InChI is InChI=1S/C27H22F2N2O3S/c28-24-11-5-21(6-12-24)22-9-15-26(16-10-22)35(33,34)31-18-20-3-1-19(2-4-20)17-30-27(32)23-7-13-25(29)14-8-23/h1-16,31H,17-18H2,(H,30,32). The molecule has 1 amide bonds. The molecular formula is C27H22F2N2O3S. The van der Waals surface area contributed by atoms with E-state index in [1.54, 1.807) is 48.5 Å². The van der Waals surface area contributed by atoms with Gasteiger partial charge in [-0.15, -0.1) is 0 Å². The Morgan fingerprint density at radius 1 is 0.629 bits per heavy atom. The average Bonchev–Trinajstić information content (AvgIpc) is 2.88. The number of benzene rings is 4. The van der Waals surface area contributed by atoms with Crippen molar-refractivity contribution >= 4 is 15.9 Å². The monoisotopic (exact) mass is 492 g/mol. The van der Waals surface area contributed by atoms with Crippen LogP contribution in [0.25, 0.3) is 11.1 Å². The SMILES string of the molecule is O=C(NCc1ccc(CNS(=O)(=O)c2ccc(-c3ccc(F)cc3)cc2)cc1)c1ccc(F)cc1. The Hall–Kier alpha value is -3.88. The van der Waals surface area contributed by atoms with Crippen molar-refractivity contribution < 1.29 is 22.0 Å². The Kier molecular flexibility index (Phi) is 7.33. The minimum atomic E-state index is -3.72. The number of sulfonamides is 1. The zero-order valence-corrected chi connectivity index (χ0v) is 19.4. The van der Waals surface area contributed by atoms with Crippen LogP contribution >= 0.6 is 0 Å². The van der Waals surface area contributed by atoms with E-state index in [2.05, 4.69) is 10.0 Å². The predicted molar refractivity (Wildman–Crippen MR) is 130 cm³/mol. The topological polar surface area (TPSA) is 75.3 Å². The molecule has 0 aliphatic carbocycles. The predicted octanol–water partition coefficient (Wildman–Crippen LogP) is 5.04. The van der Waals surface area contributed by atoms with Crippen LogP contribution in [-0.2, 0) is 23.1 Å². The molecule has 4 rings (SSSR count). The van der Waals surface area contributed by atoms with Gasteiger partial charge in [-0.05, 0) is 70.8 Å². The molecule has 0 aliphatic heterocycles. The van der Waals surface area contributed by atoms with Crippen LogP contribution in [0.1, 0.15) is 21.5 Å². The molecule has 0 saturated heterocycles. The van der Waals surface area contributed by atoms with E-state index >= 15 is 0 Å². The van der Waals surface area contributed by atoms with Gasteiger partial charge >= 0.3 is 0 Å². The molecule has 0 saturated carbocycles. The van der Waals surface area contributed by atoms with Gasteiger partial charge in [0, 0.05) is 18.7 Å². The molecule has 0 spiro atoms. The van der Waals surface area contributed by atoms with Crippen molar-refractivity contribution in [2.45, 2.75) is 18.0 Å². The summed E-state index contributed by atoms with van der Waals surface area (Å²) in [5.74, 6) is -1.05. The summed E-state index contributed by atoms with van der Waals surface area (Å²) in [4.78, 5) is 12.3. The minimum Gasteiger partial charge on any atom is -0.348 e. The minimum absolute atomic E-state index is 0.101. The largest absolute Gasteiger partial charge is 0.348 e. The van der Waals surface area contributed by atoms with E-state index in [4.69, 9.17) is 0 Å². The fraction of sp³-hybridized carbons (Fsp3) is 0.0741. The first-order valence-electron chi connectivity index (χ1n) is 10.8. The normalized spacial score (nSPS) is 11.3. The lowest BCUT2D eigenvalue weighted by atomic mass is 10.1. The lowest BCUT2D eigenvalue weighted by Gasteiger charge is -2.09. The van der Waals surface area contributed by atoms with E-state index in [1.165, 1.54) is 48.5 Å². The smallest absolute Gasteiger partial charge is 0.251 e. The quantitative estimate of drug-likeness (QED) is 0.362. The lowest BCUT2D eigenvalue weighted by Crippen LogP contribution is -2.23. The Morgan fingerprint density at radius 2 is 1.09 bits per heavy atom. The number of nitrogens with one attached hydrogen (secondary N) is 2. The zero-order chi connectivity index (χ0) is 24.8. The Morgan fingerprint density at radius 3 is 1.63 bits per heavy atom. The first-order chi connectivity index (χ1) is 16.8. The molecule has 5 nitrogen and oxygen atoms in total. The molecule has 0 radical (unpaired) electrons. The summed E-state index contributed by atoms with van der Waals surface area (Å²) in [7, 11) is -3.72. The fourth-order valence-electron chi connectivity index (χ4n) is 3.39. The maximum Gasteiger partial charge on any atom is 0.251 e. The number of amides is 1. The summed E-state index contributed by atoms with van der Waals surface area (Å²) in [6, 6.07) is 24.8. The molecule has 4 aromatic carbocycles. The maximum atomic E-state index is 13.1. The van der Waals surface area contributed by atoms with Gasteiger partial charge in [-0.2, -0.15) is 0 Å². The third-order valence-electron chi connectivity index (χ3n) is 5.39. The van der Waals surface area contributed by atoms with Crippen LogP contribution < -0.4 is 10.0 Å². The summed E-state index contributed by atoms with van der Waals surface area (Å²) >= 11 is 0. The molecule has 0 unspecified atom stereocenters. The van der Waals surface area contributed by atoms with Crippen molar-refractivity contribution in [3.05, 3.63) is 125 Å². The van der Waals surface area contributed by atoms with Gasteiger partial charge in [0.15, 0.2) is 0 Å². The molecule has 0 heterocycles. The Bertz CT molecular complexity index is 1400. The van der Waals surface area contributed by atoms with Gasteiger partial charge in [0.1, 0.15) is 11.6 Å². The van der Waals surface area contributed by atoms with Gasteiger partial charge in [0.2, 0.25) is 10.0 Å². The third-order valence-corrected chi connectivity index (χ3v) is 6.81. The highest BCUT2D eigenvalue weighted by Gasteiger charge is 2.14. The lowest BCUT2D eigenvalue weighted by molar-refractivity contribution is 0.0951. The van der Waals surface area contributed by atoms with E-state index < -0.39 is 15.8 Å². The maximum absolute atomic E-state index is 13.1. The van der Waals surface area contributed by atoms with E-state index in [1.807, 2.05) is 0 Å². The zero-order valence-electron chi connectivity index (χ0n) is 18.5. The average molecular weight is 493 g/mol. The van der Waals surface area contributed by atoms with Crippen molar-refractivity contribution in [1.82, 2.24) is 10.0 Å². The van der Waals surface area contributed by atoms with E-state index in [0.717, 1.165) is 22.3 Å². The number of carbonyl (C=O) groups excluding carboxylic acids is 1. The molecule has 4 aromatic rings. The van der Waals surface area contributed by atoms with Crippen molar-refractivity contribution in [3.8, 4) is 11.1 Å². The number of carbonyl (C=O) groups is 1. The van der Waals surface area contributed by atoms with Crippen LogP contribution in [0.15, 0.2) is 102 Å². The first kappa shape index (κ1) is 24.3. The second-order valence-electron chi connectivity index (χ2n) is 7.86. The molecule has 35 heavy (non-hydrogen) atoms. The second-order valence-corrected chi connectivity index (χ2v) is 9.63. The van der Waals surface area contributed by atoms with Crippen LogP contribution in [0.3, 0.4) is 0 Å². The van der Waals surface area contributed by atoms with Crippen LogP contribution in [-0.4, -0.2) is 14.3 Å². The van der Waals surface area contributed by atoms with Crippen LogP contribution in [0.2, 0.25) is 0 Å². The van der Waals surface area contributed by atoms with Gasteiger partial charge in [0.05, 0.1) is 4.90 Å². The molecular weight excluding hydrogens is 470 g/mol. The number of halogens is 2. The van der Waals surface area contributed by atoms with E-state index in [0.29, 0.717) is 5.56 Å². The van der Waals surface area contributed by atoms with Gasteiger partial charge in [-0.3, -0.25) is 4.79 Å². The van der Waals surface area contributed by atoms with Gasteiger partial charge < -0.3 is 5.32 Å². The highest BCUT2D eigenvalue weighted by molar-refractivity contribution is 7.89. The highest BCUT2D eigenvalue weighted by Crippen LogP contribution is 2.22. The van der Waals surface area contributed by atoms with Gasteiger partial charge in [-0.25, -0.2) is 21.9 Å². The molecule has 0 bridgehead atoms. The second kappa shape index (κ2) is 10.6. The van der Waals surface area contributed by atoms with Crippen molar-refractivity contribution in [2.24, 2.45) is 0 Å². The summed E-state index contributed by atoms with van der Waals surface area (Å²) < 4.78 is 54.0.